The van der Waals surface area contributed by atoms with Gasteiger partial charge in [0.05, 0.1) is 6.20 Å². The minimum Gasteiger partial charge on any atom is -0.393 e. The van der Waals surface area contributed by atoms with Gasteiger partial charge in [0.15, 0.2) is 0 Å². The summed E-state index contributed by atoms with van der Waals surface area (Å²) in [7, 11) is 0. The Bertz CT molecular complexity index is 480. The Morgan fingerprint density at radius 1 is 1.50 bits per heavy atom. The number of H-pyrrole nitrogens is 1. The van der Waals surface area contributed by atoms with Gasteiger partial charge in [-0.2, -0.15) is 0 Å². The second kappa shape index (κ2) is 3.83. The fourth-order valence-corrected chi connectivity index (χ4v) is 0.940. The number of ether oxygens (including phenoxy) is 1. The fraction of sp³-hybridized carbons (Fsp3) is 0.286. The number of aromatic nitrogens is 1. The molecular formula is C7H5F3N2O4. The molecule has 1 heterocycles. The first-order valence-corrected chi connectivity index (χ1v) is 3.85. The van der Waals surface area contributed by atoms with E-state index >= 15 is 0 Å². The van der Waals surface area contributed by atoms with E-state index in [2.05, 4.69) is 4.74 Å². The Balaban J connectivity index is 3.38. The van der Waals surface area contributed by atoms with Crippen molar-refractivity contribution >= 4 is 5.82 Å². The SMILES string of the molecule is Cc1c[nH]c([N+](=O)[O-])c(OC(F)(F)F)c1=O. The Morgan fingerprint density at radius 3 is 2.50 bits per heavy atom. The normalized spacial score (nSPS) is 11.2. The van der Waals surface area contributed by atoms with Crippen molar-refractivity contribution < 1.29 is 22.8 Å². The molecule has 0 saturated heterocycles. The van der Waals surface area contributed by atoms with Crippen LogP contribution in [-0.2, 0) is 0 Å². The zero-order valence-electron chi connectivity index (χ0n) is 7.79. The number of nitrogens with one attached hydrogen (secondary N) is 1. The van der Waals surface area contributed by atoms with Crippen LogP contribution >= 0.6 is 0 Å². The summed E-state index contributed by atoms with van der Waals surface area (Å²) in [4.78, 5) is 22.4. The Hall–Kier alpha value is -2.06. The van der Waals surface area contributed by atoms with E-state index in [1.807, 2.05) is 4.98 Å². The maximum Gasteiger partial charge on any atom is 0.573 e. The van der Waals surface area contributed by atoms with Gasteiger partial charge in [-0.25, -0.2) is 4.98 Å². The molecule has 0 saturated carbocycles. The monoisotopic (exact) mass is 238 g/mol. The van der Waals surface area contributed by atoms with Gasteiger partial charge < -0.3 is 14.9 Å². The van der Waals surface area contributed by atoms with Crippen molar-refractivity contribution in [3.63, 3.8) is 0 Å². The number of rotatable bonds is 2. The molecule has 16 heavy (non-hydrogen) atoms. The second-order valence-electron chi connectivity index (χ2n) is 2.78. The van der Waals surface area contributed by atoms with Crippen LogP contribution in [-0.4, -0.2) is 16.3 Å². The molecule has 0 aliphatic heterocycles. The molecule has 0 spiro atoms. The van der Waals surface area contributed by atoms with Crippen molar-refractivity contribution in [2.45, 2.75) is 13.3 Å². The van der Waals surface area contributed by atoms with E-state index in [4.69, 9.17) is 0 Å². The molecule has 0 aliphatic rings. The summed E-state index contributed by atoms with van der Waals surface area (Å²) in [5, 5.41) is 10.4. The zero-order valence-corrected chi connectivity index (χ0v) is 7.79. The van der Waals surface area contributed by atoms with E-state index < -0.39 is 28.3 Å². The first kappa shape index (κ1) is 12.0. The van der Waals surface area contributed by atoms with E-state index in [1.54, 1.807) is 0 Å². The second-order valence-corrected chi connectivity index (χ2v) is 2.78. The van der Waals surface area contributed by atoms with E-state index in [-0.39, 0.29) is 5.56 Å². The first-order valence-electron chi connectivity index (χ1n) is 3.85. The van der Waals surface area contributed by atoms with Crippen LogP contribution in [0, 0.1) is 17.0 Å². The van der Waals surface area contributed by atoms with Gasteiger partial charge >= 0.3 is 12.2 Å². The van der Waals surface area contributed by atoms with Gasteiger partial charge in [0.1, 0.15) is 0 Å². The number of hydrogen-bond acceptors (Lipinski definition) is 4. The highest BCUT2D eigenvalue weighted by atomic mass is 19.4. The smallest absolute Gasteiger partial charge is 0.393 e. The lowest BCUT2D eigenvalue weighted by Gasteiger charge is -2.08. The third-order valence-corrected chi connectivity index (χ3v) is 1.61. The van der Waals surface area contributed by atoms with Gasteiger partial charge in [0, 0.05) is 5.56 Å². The highest BCUT2D eigenvalue weighted by Crippen LogP contribution is 2.26. The van der Waals surface area contributed by atoms with Crippen LogP contribution in [0.2, 0.25) is 0 Å². The van der Waals surface area contributed by atoms with Crippen LogP contribution in [0.25, 0.3) is 0 Å². The summed E-state index contributed by atoms with van der Waals surface area (Å²) in [5.74, 6) is -2.49. The summed E-state index contributed by atoms with van der Waals surface area (Å²) < 4.78 is 39.0. The molecule has 0 aliphatic carbocycles. The van der Waals surface area contributed by atoms with Gasteiger partial charge in [-0.05, 0) is 11.8 Å². The summed E-state index contributed by atoms with van der Waals surface area (Å²) >= 11 is 0. The summed E-state index contributed by atoms with van der Waals surface area (Å²) in [6.07, 6.45) is -4.23. The fourth-order valence-electron chi connectivity index (χ4n) is 0.940. The number of pyridine rings is 1. The predicted molar refractivity (Wildman–Crippen MR) is 45.1 cm³/mol. The molecule has 1 rings (SSSR count). The summed E-state index contributed by atoms with van der Waals surface area (Å²) in [5.41, 5.74) is -1.30. The van der Waals surface area contributed by atoms with Crippen molar-refractivity contribution in [3.8, 4) is 5.75 Å². The lowest BCUT2D eigenvalue weighted by atomic mass is 10.3. The molecule has 0 bridgehead atoms. The number of aryl methyl sites for hydroxylation is 1. The zero-order chi connectivity index (χ0) is 12.5. The number of aromatic amines is 1. The van der Waals surface area contributed by atoms with Crippen molar-refractivity contribution in [1.29, 1.82) is 0 Å². The number of nitrogens with zero attached hydrogens (tertiary/aromatic N) is 1. The Kier molecular flexibility index (Phi) is 2.88. The molecule has 0 amide bonds. The number of nitro groups is 1. The molecule has 1 N–H and O–H groups in total. The number of halogens is 3. The molecule has 6 nitrogen and oxygen atoms in total. The highest BCUT2D eigenvalue weighted by Gasteiger charge is 2.36. The molecule has 0 fully saturated rings. The first-order chi connectivity index (χ1) is 7.22. The Morgan fingerprint density at radius 2 is 2.06 bits per heavy atom. The average molecular weight is 238 g/mol. The van der Waals surface area contributed by atoms with Crippen LogP contribution in [0.3, 0.4) is 0 Å². The van der Waals surface area contributed by atoms with Crippen LogP contribution < -0.4 is 10.2 Å². The molecule has 0 unspecified atom stereocenters. The van der Waals surface area contributed by atoms with Crippen LogP contribution in [0.4, 0.5) is 19.0 Å². The van der Waals surface area contributed by atoms with E-state index in [0.717, 1.165) is 6.20 Å². The topological polar surface area (TPSA) is 85.2 Å². The maximum absolute atomic E-state index is 11.9. The van der Waals surface area contributed by atoms with E-state index in [9.17, 15) is 28.1 Å². The quantitative estimate of drug-likeness (QED) is 0.624. The van der Waals surface area contributed by atoms with Crippen LogP contribution in [0.1, 0.15) is 5.56 Å². The lowest BCUT2D eigenvalue weighted by Crippen LogP contribution is -2.24. The molecule has 0 aromatic carbocycles. The van der Waals surface area contributed by atoms with Gasteiger partial charge in [0.25, 0.3) is 5.75 Å². The molecule has 9 heteroatoms. The third kappa shape index (κ3) is 2.49. The van der Waals surface area contributed by atoms with Gasteiger partial charge in [0.2, 0.25) is 5.43 Å². The summed E-state index contributed by atoms with van der Waals surface area (Å²) in [6.45, 7) is 1.20. The van der Waals surface area contributed by atoms with Crippen LogP contribution in [0.5, 0.6) is 5.75 Å². The molecule has 0 atom stereocenters. The Labute approximate surface area is 85.8 Å². The predicted octanol–water partition coefficient (Wildman–Crippen LogP) is 1.49. The standard InChI is InChI=1S/C7H5F3N2O4/c1-3-2-11-6(12(14)15)5(4(3)13)16-7(8,9)10/h2H,1H3,(H,11,13). The van der Waals surface area contributed by atoms with Crippen molar-refractivity contribution in [2.24, 2.45) is 0 Å². The van der Waals surface area contributed by atoms with Crippen molar-refractivity contribution in [3.05, 3.63) is 32.1 Å². The third-order valence-electron chi connectivity index (χ3n) is 1.61. The van der Waals surface area contributed by atoms with Crippen LogP contribution in [0.15, 0.2) is 11.0 Å². The van der Waals surface area contributed by atoms with Crippen molar-refractivity contribution in [2.75, 3.05) is 0 Å². The molecule has 0 radical (unpaired) electrons. The summed E-state index contributed by atoms with van der Waals surface area (Å²) in [6, 6.07) is 0. The van der Waals surface area contributed by atoms with Crippen molar-refractivity contribution in [1.82, 2.24) is 4.98 Å². The minimum absolute atomic E-state index is 0.121. The number of hydrogen-bond donors (Lipinski definition) is 1. The molecular weight excluding hydrogens is 233 g/mol. The highest BCUT2D eigenvalue weighted by molar-refractivity contribution is 5.41. The van der Waals surface area contributed by atoms with Gasteiger partial charge in [-0.3, -0.25) is 4.79 Å². The van der Waals surface area contributed by atoms with E-state index in [1.165, 1.54) is 6.92 Å². The van der Waals surface area contributed by atoms with E-state index in [0.29, 0.717) is 0 Å². The minimum atomic E-state index is -5.16. The molecule has 88 valence electrons. The maximum atomic E-state index is 11.9. The number of alkyl halides is 3. The molecule has 1 aromatic heterocycles. The lowest BCUT2D eigenvalue weighted by molar-refractivity contribution is -0.393. The van der Waals surface area contributed by atoms with Gasteiger partial charge in [-0.1, -0.05) is 0 Å². The average Bonchev–Trinajstić information content (AvgIpc) is 2.10. The molecule has 1 aromatic rings. The largest absolute Gasteiger partial charge is 0.573 e. The van der Waals surface area contributed by atoms with Gasteiger partial charge in [-0.15, -0.1) is 13.2 Å².